The van der Waals surface area contributed by atoms with Gasteiger partial charge in [-0.05, 0) is 85.5 Å². The fraction of sp³-hybridized carbons (Fsp3) is 0.480. The van der Waals surface area contributed by atoms with Crippen LogP contribution in [0.3, 0.4) is 0 Å². The molecule has 0 aromatic heterocycles. The summed E-state index contributed by atoms with van der Waals surface area (Å²) in [5.74, 6) is 0.803. The smallest absolute Gasteiger partial charge is 0.175 e. The molecule has 1 aliphatic carbocycles. The van der Waals surface area contributed by atoms with Crippen LogP contribution in [0.5, 0.6) is 5.75 Å². The van der Waals surface area contributed by atoms with Crippen molar-refractivity contribution >= 4 is 9.84 Å². The van der Waals surface area contributed by atoms with Crippen molar-refractivity contribution in [1.29, 1.82) is 5.26 Å². The molecule has 5 rings (SSSR count). The van der Waals surface area contributed by atoms with Gasteiger partial charge in [0, 0.05) is 25.4 Å². The number of nitrogens with zero attached hydrogens (tertiary/aromatic N) is 2. The van der Waals surface area contributed by atoms with Crippen LogP contribution in [-0.2, 0) is 22.7 Å². The van der Waals surface area contributed by atoms with Crippen LogP contribution in [-0.4, -0.2) is 49.4 Å². The summed E-state index contributed by atoms with van der Waals surface area (Å²) >= 11 is 0. The highest BCUT2D eigenvalue weighted by molar-refractivity contribution is 7.90. The molecule has 2 heterocycles. The van der Waals surface area contributed by atoms with Crippen molar-refractivity contribution in [2.24, 2.45) is 0 Å². The number of nitriles is 1. The first-order valence-electron chi connectivity index (χ1n) is 11.3. The molecule has 0 radical (unpaired) electrons. The number of hydrogen-bond acceptors (Lipinski definition) is 6. The van der Waals surface area contributed by atoms with Crippen LogP contribution in [0.2, 0.25) is 0 Å². The molecule has 2 aromatic rings. The summed E-state index contributed by atoms with van der Waals surface area (Å²) in [6.45, 7) is 1.73. The topological polar surface area (TPSA) is 90.6 Å². The summed E-state index contributed by atoms with van der Waals surface area (Å²) in [4.78, 5) is 2.74. The molecule has 2 unspecified atom stereocenters. The van der Waals surface area contributed by atoms with E-state index in [1.165, 1.54) is 6.26 Å². The maximum absolute atomic E-state index is 11.9. The highest BCUT2D eigenvalue weighted by Crippen LogP contribution is 2.42. The lowest BCUT2D eigenvalue weighted by Crippen LogP contribution is -2.54. The third kappa shape index (κ3) is 3.81. The summed E-state index contributed by atoms with van der Waals surface area (Å²) in [6.07, 6.45) is 5.94. The number of piperidine rings is 1. The van der Waals surface area contributed by atoms with Gasteiger partial charge in [0.05, 0.1) is 22.6 Å². The first kappa shape index (κ1) is 21.4. The van der Waals surface area contributed by atoms with Gasteiger partial charge in [-0.2, -0.15) is 5.26 Å². The van der Waals surface area contributed by atoms with Gasteiger partial charge in [-0.1, -0.05) is 6.07 Å². The average Bonchev–Trinajstić information content (AvgIpc) is 2.79. The monoisotopic (exact) mass is 452 g/mol. The summed E-state index contributed by atoms with van der Waals surface area (Å²) in [5, 5.41) is 20.2. The Balaban J connectivity index is 1.27. The number of hydrogen-bond donors (Lipinski definition) is 1. The highest BCUT2D eigenvalue weighted by atomic mass is 32.2. The van der Waals surface area contributed by atoms with Gasteiger partial charge in [-0.3, -0.25) is 4.90 Å². The minimum absolute atomic E-state index is 0.0842. The zero-order valence-electron chi connectivity index (χ0n) is 18.3. The number of aryl methyl sites for hydroxylation is 2. The Kier molecular flexibility index (Phi) is 5.28. The number of aliphatic hydroxyl groups excluding tert-OH is 1. The normalized spacial score (nSPS) is 24.8. The molecule has 0 amide bonds. The van der Waals surface area contributed by atoms with E-state index in [1.807, 2.05) is 12.1 Å². The molecule has 0 bridgehead atoms. The number of aliphatic hydroxyl groups is 1. The molecule has 32 heavy (non-hydrogen) atoms. The largest absolute Gasteiger partial charge is 0.487 e. The molecule has 7 heteroatoms. The number of fused-ring (bicyclic) bond motifs is 2. The fourth-order valence-electron chi connectivity index (χ4n) is 5.57. The summed E-state index contributed by atoms with van der Waals surface area (Å²) < 4.78 is 30.2. The standard InChI is InChI=1S/C25H28N2O4S/c1-32(29,30)20-4-7-23-19(15-20)8-9-25(31-23)10-12-27(13-11-25)22-6-3-18-14-17(16-26)2-5-21(18)24(22)28/h2,4-5,7,14-15,22,24,28H,3,6,8-13H2,1H3. The number of rotatable bonds is 2. The van der Waals surface area contributed by atoms with E-state index in [-0.39, 0.29) is 11.6 Å². The first-order chi connectivity index (χ1) is 15.3. The molecule has 1 spiro atoms. The first-order valence-corrected chi connectivity index (χ1v) is 13.1. The molecule has 2 aliphatic heterocycles. The molecule has 1 fully saturated rings. The van der Waals surface area contributed by atoms with E-state index in [2.05, 4.69) is 11.0 Å². The Morgan fingerprint density at radius 2 is 1.88 bits per heavy atom. The van der Waals surface area contributed by atoms with Crippen molar-refractivity contribution in [2.75, 3.05) is 19.3 Å². The Bertz CT molecular complexity index is 1190. The van der Waals surface area contributed by atoms with Crippen LogP contribution in [0.4, 0.5) is 0 Å². The van der Waals surface area contributed by atoms with Crippen LogP contribution < -0.4 is 4.74 Å². The average molecular weight is 453 g/mol. The van der Waals surface area contributed by atoms with Crippen LogP contribution in [0.15, 0.2) is 41.3 Å². The van der Waals surface area contributed by atoms with Gasteiger partial charge in [-0.25, -0.2) is 8.42 Å². The van der Waals surface area contributed by atoms with Crippen molar-refractivity contribution in [3.63, 3.8) is 0 Å². The summed E-state index contributed by atoms with van der Waals surface area (Å²) in [6, 6.07) is 13.1. The zero-order valence-corrected chi connectivity index (χ0v) is 19.1. The van der Waals surface area contributed by atoms with Crippen molar-refractivity contribution in [3.8, 4) is 11.8 Å². The SMILES string of the molecule is CS(=O)(=O)c1ccc2c(c1)CCC1(CCN(C3CCc4cc(C#N)ccc4C3O)CC1)O2. The van der Waals surface area contributed by atoms with Crippen molar-refractivity contribution < 1.29 is 18.3 Å². The van der Waals surface area contributed by atoms with Gasteiger partial charge in [0.25, 0.3) is 0 Å². The minimum Gasteiger partial charge on any atom is -0.487 e. The van der Waals surface area contributed by atoms with Crippen molar-refractivity contribution in [1.82, 2.24) is 4.90 Å². The maximum Gasteiger partial charge on any atom is 0.175 e. The van der Waals surface area contributed by atoms with Crippen LogP contribution in [0.1, 0.15) is 54.0 Å². The second-order valence-corrected chi connectivity index (χ2v) is 11.5. The maximum atomic E-state index is 11.9. The second-order valence-electron chi connectivity index (χ2n) is 9.44. The van der Waals surface area contributed by atoms with E-state index in [0.717, 1.165) is 74.1 Å². The quantitative estimate of drug-likeness (QED) is 0.753. The fourth-order valence-corrected chi connectivity index (χ4v) is 6.25. The Hall–Kier alpha value is -2.40. The van der Waals surface area contributed by atoms with Gasteiger partial charge in [-0.15, -0.1) is 0 Å². The van der Waals surface area contributed by atoms with E-state index in [4.69, 9.17) is 10.00 Å². The van der Waals surface area contributed by atoms with E-state index < -0.39 is 15.9 Å². The van der Waals surface area contributed by atoms with Crippen LogP contribution >= 0.6 is 0 Å². The predicted molar refractivity (Wildman–Crippen MR) is 120 cm³/mol. The third-order valence-electron chi connectivity index (χ3n) is 7.48. The molecule has 2 aromatic carbocycles. The molecular formula is C25H28N2O4S. The van der Waals surface area contributed by atoms with Crippen LogP contribution in [0, 0.1) is 11.3 Å². The van der Waals surface area contributed by atoms with Crippen molar-refractivity contribution in [2.45, 2.75) is 61.2 Å². The lowest BCUT2D eigenvalue weighted by Gasteiger charge is -2.48. The third-order valence-corrected chi connectivity index (χ3v) is 8.59. The molecule has 0 saturated carbocycles. The lowest BCUT2D eigenvalue weighted by atomic mass is 9.80. The number of sulfone groups is 1. The molecule has 168 valence electrons. The van der Waals surface area contributed by atoms with E-state index in [0.29, 0.717) is 10.5 Å². The Labute approximate surface area is 189 Å². The molecule has 6 nitrogen and oxygen atoms in total. The molecular weight excluding hydrogens is 424 g/mol. The number of likely N-dealkylation sites (tertiary alicyclic amines) is 1. The molecule has 3 aliphatic rings. The number of benzene rings is 2. The Morgan fingerprint density at radius 1 is 1.09 bits per heavy atom. The van der Waals surface area contributed by atoms with E-state index >= 15 is 0 Å². The molecule has 2 atom stereocenters. The van der Waals surface area contributed by atoms with E-state index in [1.54, 1.807) is 24.3 Å². The Morgan fingerprint density at radius 3 is 2.59 bits per heavy atom. The molecule has 1 saturated heterocycles. The minimum atomic E-state index is -3.22. The van der Waals surface area contributed by atoms with E-state index in [9.17, 15) is 13.5 Å². The van der Waals surface area contributed by atoms with Gasteiger partial charge < -0.3 is 9.84 Å². The second kappa shape index (κ2) is 7.87. The van der Waals surface area contributed by atoms with Crippen molar-refractivity contribution in [3.05, 3.63) is 58.7 Å². The number of ether oxygens (including phenoxy) is 1. The predicted octanol–water partition coefficient (Wildman–Crippen LogP) is 3.17. The molecule has 1 N–H and O–H groups in total. The van der Waals surface area contributed by atoms with Gasteiger partial charge in [0.1, 0.15) is 11.4 Å². The lowest BCUT2D eigenvalue weighted by molar-refractivity contribution is -0.0479. The zero-order chi connectivity index (χ0) is 22.5. The van der Waals surface area contributed by atoms with Gasteiger partial charge in [0.15, 0.2) is 9.84 Å². The highest BCUT2D eigenvalue weighted by Gasteiger charge is 2.42. The van der Waals surface area contributed by atoms with Gasteiger partial charge >= 0.3 is 0 Å². The summed E-state index contributed by atoms with van der Waals surface area (Å²) in [7, 11) is -3.22. The van der Waals surface area contributed by atoms with Crippen LogP contribution in [0.25, 0.3) is 0 Å². The van der Waals surface area contributed by atoms with Gasteiger partial charge in [0.2, 0.25) is 0 Å². The summed E-state index contributed by atoms with van der Waals surface area (Å²) in [5.41, 5.74) is 3.44.